The van der Waals surface area contributed by atoms with Crippen LogP contribution in [0.2, 0.25) is 0 Å². The minimum atomic E-state index is 0.549. The van der Waals surface area contributed by atoms with Crippen molar-refractivity contribution in [3.05, 3.63) is 28.2 Å². The van der Waals surface area contributed by atoms with E-state index in [-0.39, 0.29) is 0 Å². The molecule has 2 fully saturated rings. The maximum absolute atomic E-state index is 9.21. The van der Waals surface area contributed by atoms with E-state index in [2.05, 4.69) is 27.3 Å². The standard InChI is InChI=1S/C16H19BrN2/c17-14-6-7-16(13(8-14)10-18)19-15-3-1-2-12(9-15)11-4-5-11/h6-8,11-12,15,19H,1-5,9H2. The van der Waals surface area contributed by atoms with E-state index in [0.29, 0.717) is 6.04 Å². The zero-order chi connectivity index (χ0) is 13.2. The first-order valence-electron chi connectivity index (χ1n) is 7.22. The van der Waals surface area contributed by atoms with Gasteiger partial charge in [-0.25, -0.2) is 0 Å². The second-order valence-corrected chi connectivity index (χ2v) is 6.82. The van der Waals surface area contributed by atoms with E-state index in [9.17, 15) is 5.26 Å². The van der Waals surface area contributed by atoms with Crippen LogP contribution in [-0.4, -0.2) is 6.04 Å². The lowest BCUT2D eigenvalue weighted by atomic mass is 9.82. The maximum Gasteiger partial charge on any atom is 0.101 e. The van der Waals surface area contributed by atoms with Gasteiger partial charge >= 0.3 is 0 Å². The summed E-state index contributed by atoms with van der Waals surface area (Å²) in [4.78, 5) is 0. The Hall–Kier alpha value is -1.01. The fourth-order valence-corrected chi connectivity index (χ4v) is 3.67. The molecular weight excluding hydrogens is 300 g/mol. The monoisotopic (exact) mass is 318 g/mol. The lowest BCUT2D eigenvalue weighted by Gasteiger charge is -2.30. The van der Waals surface area contributed by atoms with Crippen molar-refractivity contribution in [2.45, 2.75) is 44.6 Å². The van der Waals surface area contributed by atoms with Crippen LogP contribution < -0.4 is 5.32 Å². The molecule has 19 heavy (non-hydrogen) atoms. The summed E-state index contributed by atoms with van der Waals surface area (Å²) in [7, 11) is 0. The van der Waals surface area contributed by atoms with Crippen molar-refractivity contribution < 1.29 is 0 Å². The van der Waals surface area contributed by atoms with Crippen LogP contribution in [0, 0.1) is 23.2 Å². The normalized spacial score (nSPS) is 26.7. The van der Waals surface area contributed by atoms with Crippen molar-refractivity contribution in [1.29, 1.82) is 5.26 Å². The molecule has 0 spiro atoms. The number of halogens is 1. The van der Waals surface area contributed by atoms with Crippen LogP contribution in [0.1, 0.15) is 44.1 Å². The molecule has 2 saturated carbocycles. The summed E-state index contributed by atoms with van der Waals surface area (Å²) >= 11 is 3.42. The maximum atomic E-state index is 9.21. The fraction of sp³-hybridized carbons (Fsp3) is 0.562. The number of nitriles is 1. The van der Waals surface area contributed by atoms with Gasteiger partial charge < -0.3 is 5.32 Å². The predicted octanol–water partition coefficient (Wildman–Crippen LogP) is 4.70. The van der Waals surface area contributed by atoms with Gasteiger partial charge in [-0.2, -0.15) is 5.26 Å². The molecule has 0 aromatic heterocycles. The SMILES string of the molecule is N#Cc1cc(Br)ccc1NC1CCCC(C2CC2)C1. The Balaban J connectivity index is 1.68. The minimum Gasteiger partial charge on any atom is -0.381 e. The van der Waals surface area contributed by atoms with Crippen molar-refractivity contribution in [3.63, 3.8) is 0 Å². The molecule has 2 aliphatic rings. The van der Waals surface area contributed by atoms with Crippen molar-refractivity contribution in [2.24, 2.45) is 11.8 Å². The zero-order valence-corrected chi connectivity index (χ0v) is 12.6. The summed E-state index contributed by atoms with van der Waals surface area (Å²) in [6.45, 7) is 0. The molecule has 2 atom stereocenters. The first-order chi connectivity index (χ1) is 9.26. The highest BCUT2D eigenvalue weighted by Gasteiger charge is 2.34. The number of hydrogen-bond donors (Lipinski definition) is 1. The third kappa shape index (κ3) is 3.12. The van der Waals surface area contributed by atoms with Crippen LogP contribution in [0.5, 0.6) is 0 Å². The topological polar surface area (TPSA) is 35.8 Å². The number of nitrogens with zero attached hydrogens (tertiary/aromatic N) is 1. The van der Waals surface area contributed by atoms with Gasteiger partial charge in [-0.1, -0.05) is 28.8 Å². The molecule has 3 heteroatoms. The van der Waals surface area contributed by atoms with Gasteiger partial charge in [0.1, 0.15) is 6.07 Å². The van der Waals surface area contributed by atoms with E-state index in [1.165, 1.54) is 38.5 Å². The summed E-state index contributed by atoms with van der Waals surface area (Å²) in [6, 6.07) is 8.74. The molecular formula is C16H19BrN2. The van der Waals surface area contributed by atoms with Gasteiger partial charge in [-0.15, -0.1) is 0 Å². The Morgan fingerprint density at radius 3 is 2.74 bits per heavy atom. The largest absolute Gasteiger partial charge is 0.381 e. The zero-order valence-electron chi connectivity index (χ0n) is 11.0. The number of hydrogen-bond acceptors (Lipinski definition) is 2. The third-order valence-electron chi connectivity index (χ3n) is 4.47. The van der Waals surface area contributed by atoms with Crippen LogP contribution in [0.4, 0.5) is 5.69 Å². The Morgan fingerprint density at radius 2 is 2.00 bits per heavy atom. The summed E-state index contributed by atoms with van der Waals surface area (Å²) in [6.07, 6.45) is 8.15. The molecule has 0 aliphatic heterocycles. The van der Waals surface area contributed by atoms with Crippen LogP contribution >= 0.6 is 15.9 Å². The van der Waals surface area contributed by atoms with Crippen LogP contribution in [-0.2, 0) is 0 Å². The molecule has 1 aromatic rings. The number of benzene rings is 1. The first kappa shape index (κ1) is 13.0. The highest BCUT2D eigenvalue weighted by Crippen LogP contribution is 2.44. The average Bonchev–Trinajstić information content (AvgIpc) is 3.25. The smallest absolute Gasteiger partial charge is 0.101 e. The summed E-state index contributed by atoms with van der Waals surface area (Å²) in [5.74, 6) is 1.93. The van der Waals surface area contributed by atoms with Gasteiger partial charge in [0.15, 0.2) is 0 Å². The Bertz CT molecular complexity index is 502. The van der Waals surface area contributed by atoms with Crippen LogP contribution in [0.3, 0.4) is 0 Å². The molecule has 100 valence electrons. The summed E-state index contributed by atoms with van der Waals surface area (Å²) in [5.41, 5.74) is 1.73. The van der Waals surface area contributed by atoms with Crippen LogP contribution in [0.25, 0.3) is 0 Å². The quantitative estimate of drug-likeness (QED) is 0.876. The molecule has 2 unspecified atom stereocenters. The van der Waals surface area contributed by atoms with Crippen molar-refractivity contribution in [1.82, 2.24) is 0 Å². The Labute approximate surface area is 123 Å². The summed E-state index contributed by atoms with van der Waals surface area (Å²) in [5, 5.41) is 12.8. The minimum absolute atomic E-state index is 0.549. The molecule has 0 amide bonds. The molecule has 3 rings (SSSR count). The highest BCUT2D eigenvalue weighted by atomic mass is 79.9. The Kier molecular flexibility index (Phi) is 3.79. The molecule has 0 heterocycles. The Morgan fingerprint density at radius 1 is 1.16 bits per heavy atom. The van der Waals surface area contributed by atoms with E-state index in [1.54, 1.807) is 0 Å². The van der Waals surface area contributed by atoms with E-state index < -0.39 is 0 Å². The van der Waals surface area contributed by atoms with Crippen LogP contribution in [0.15, 0.2) is 22.7 Å². The summed E-state index contributed by atoms with van der Waals surface area (Å²) < 4.78 is 0.967. The third-order valence-corrected chi connectivity index (χ3v) is 4.96. The van der Waals surface area contributed by atoms with Gasteiger partial charge in [0.2, 0.25) is 0 Å². The van der Waals surface area contributed by atoms with Gasteiger partial charge in [0.05, 0.1) is 11.3 Å². The number of rotatable bonds is 3. The molecule has 2 aliphatic carbocycles. The lowest BCUT2D eigenvalue weighted by molar-refractivity contribution is 0.303. The lowest BCUT2D eigenvalue weighted by Crippen LogP contribution is -2.28. The molecule has 0 saturated heterocycles. The van der Waals surface area contributed by atoms with Gasteiger partial charge in [-0.3, -0.25) is 0 Å². The van der Waals surface area contributed by atoms with E-state index in [0.717, 1.165) is 27.6 Å². The van der Waals surface area contributed by atoms with Crippen molar-refractivity contribution in [2.75, 3.05) is 5.32 Å². The van der Waals surface area contributed by atoms with E-state index in [1.807, 2.05) is 18.2 Å². The van der Waals surface area contributed by atoms with E-state index in [4.69, 9.17) is 0 Å². The van der Waals surface area contributed by atoms with Crippen molar-refractivity contribution in [3.8, 4) is 6.07 Å². The van der Waals surface area contributed by atoms with Crippen molar-refractivity contribution >= 4 is 21.6 Å². The second kappa shape index (κ2) is 5.54. The van der Waals surface area contributed by atoms with Gasteiger partial charge in [-0.05, 0) is 55.7 Å². The molecule has 0 radical (unpaired) electrons. The molecule has 2 nitrogen and oxygen atoms in total. The molecule has 0 bridgehead atoms. The molecule has 1 aromatic carbocycles. The van der Waals surface area contributed by atoms with E-state index >= 15 is 0 Å². The number of nitrogens with one attached hydrogen (secondary N) is 1. The highest BCUT2D eigenvalue weighted by molar-refractivity contribution is 9.10. The van der Waals surface area contributed by atoms with Gasteiger partial charge in [0.25, 0.3) is 0 Å². The first-order valence-corrected chi connectivity index (χ1v) is 8.02. The average molecular weight is 319 g/mol. The van der Waals surface area contributed by atoms with Gasteiger partial charge in [0, 0.05) is 10.5 Å². The second-order valence-electron chi connectivity index (χ2n) is 5.91. The number of anilines is 1. The molecule has 1 N–H and O–H groups in total. The predicted molar refractivity (Wildman–Crippen MR) is 80.9 cm³/mol. The fourth-order valence-electron chi connectivity index (χ4n) is 3.31.